The number of amides is 1. The summed E-state index contributed by atoms with van der Waals surface area (Å²) in [6.07, 6.45) is 0.332. The highest BCUT2D eigenvalue weighted by Crippen LogP contribution is 2.30. The highest BCUT2D eigenvalue weighted by atomic mass is 16.6. The lowest BCUT2D eigenvalue weighted by molar-refractivity contribution is -0.147. The maximum atomic E-state index is 11.1. The van der Waals surface area contributed by atoms with Crippen molar-refractivity contribution in [1.29, 1.82) is 0 Å². The number of furan rings is 1. The molecule has 0 spiro atoms. The van der Waals surface area contributed by atoms with Crippen molar-refractivity contribution in [1.82, 2.24) is 4.98 Å². The van der Waals surface area contributed by atoms with Crippen LogP contribution >= 0.6 is 0 Å². The number of carboxylic acids is 1. The zero-order valence-corrected chi connectivity index (χ0v) is 17.7. The van der Waals surface area contributed by atoms with Crippen LogP contribution in [0.25, 0.3) is 11.7 Å². The van der Waals surface area contributed by atoms with E-state index in [0.29, 0.717) is 47.4 Å². The molecule has 0 radical (unpaired) electrons. The normalized spacial score (nSPS) is 11.7. The largest absolute Gasteiger partial charge is 0.493 e. The number of carboxylic acid groups (broad SMARTS) is 1. The lowest BCUT2D eigenvalue weighted by Gasteiger charge is -2.13. The predicted molar refractivity (Wildman–Crippen MR) is 111 cm³/mol. The lowest BCUT2D eigenvalue weighted by Crippen LogP contribution is -2.29. The van der Waals surface area contributed by atoms with E-state index in [4.69, 9.17) is 29.1 Å². The molecule has 3 rings (SSSR count). The van der Waals surface area contributed by atoms with Crippen LogP contribution in [0, 0.1) is 6.92 Å². The van der Waals surface area contributed by atoms with Gasteiger partial charge in [0.1, 0.15) is 18.1 Å². The standard InChI is InChI=1S/C22H24N2O8/c1-13-15(24-20(31-13)17-7-4-10-29-17)12-30-16-9-8-14(11-19(16)28-2)5-3-6-18(21(25)26)32-22(23)27/h4,7-11,18H,3,5-6,12H2,1-2H3,(H2,23,27)(H,25,26)/t18-/m0/s1. The van der Waals surface area contributed by atoms with Gasteiger partial charge >= 0.3 is 12.1 Å². The molecule has 0 saturated heterocycles. The van der Waals surface area contributed by atoms with E-state index in [-0.39, 0.29) is 13.0 Å². The average Bonchev–Trinajstić information content (AvgIpc) is 3.41. The first-order chi connectivity index (χ1) is 15.4. The number of nitrogens with two attached hydrogens (primary N) is 1. The van der Waals surface area contributed by atoms with Crippen LogP contribution in [0.1, 0.15) is 29.9 Å². The van der Waals surface area contributed by atoms with Gasteiger partial charge in [-0.2, -0.15) is 0 Å². The van der Waals surface area contributed by atoms with Crippen LogP contribution in [0.3, 0.4) is 0 Å². The second-order valence-electron chi connectivity index (χ2n) is 6.93. The number of hydrogen-bond acceptors (Lipinski definition) is 8. The fourth-order valence-electron chi connectivity index (χ4n) is 3.07. The van der Waals surface area contributed by atoms with Crippen molar-refractivity contribution >= 4 is 12.1 Å². The fourth-order valence-corrected chi connectivity index (χ4v) is 3.07. The molecule has 0 aliphatic carbocycles. The van der Waals surface area contributed by atoms with Gasteiger partial charge in [0.25, 0.3) is 5.89 Å². The van der Waals surface area contributed by atoms with Crippen molar-refractivity contribution in [3.05, 3.63) is 53.6 Å². The average molecular weight is 444 g/mol. The number of aromatic nitrogens is 1. The molecular formula is C22H24N2O8. The number of oxazole rings is 1. The topological polar surface area (TPSA) is 147 Å². The van der Waals surface area contributed by atoms with Crippen molar-refractivity contribution in [2.45, 2.75) is 38.9 Å². The Balaban J connectivity index is 1.59. The summed E-state index contributed by atoms with van der Waals surface area (Å²) in [5, 5.41) is 9.08. The third kappa shape index (κ3) is 5.81. The fraction of sp³-hybridized carbons (Fsp3) is 0.318. The molecule has 1 amide bonds. The summed E-state index contributed by atoms with van der Waals surface area (Å²) in [4.78, 5) is 26.3. The third-order valence-electron chi connectivity index (χ3n) is 4.68. The molecule has 1 aromatic carbocycles. The van der Waals surface area contributed by atoms with Crippen molar-refractivity contribution in [2.75, 3.05) is 7.11 Å². The SMILES string of the molecule is COc1cc(CCC[C@H](OC(N)=O)C(=O)O)ccc1OCc1nc(-c2ccco2)oc1C. The number of aliphatic carboxylic acids is 1. The van der Waals surface area contributed by atoms with Crippen molar-refractivity contribution in [2.24, 2.45) is 5.73 Å². The van der Waals surface area contributed by atoms with Gasteiger partial charge in [-0.3, -0.25) is 0 Å². The number of carbonyl (C=O) groups is 2. The highest BCUT2D eigenvalue weighted by Gasteiger charge is 2.20. The first-order valence-electron chi connectivity index (χ1n) is 9.86. The molecule has 0 bridgehead atoms. The number of aryl methyl sites for hydroxylation is 2. The van der Waals surface area contributed by atoms with E-state index in [2.05, 4.69) is 9.72 Å². The maximum Gasteiger partial charge on any atom is 0.405 e. The van der Waals surface area contributed by atoms with Crippen LogP contribution in [0.2, 0.25) is 0 Å². The van der Waals surface area contributed by atoms with E-state index in [1.54, 1.807) is 31.4 Å². The molecule has 1 atom stereocenters. The molecule has 10 nitrogen and oxygen atoms in total. The van der Waals surface area contributed by atoms with Gasteiger partial charge < -0.3 is 33.9 Å². The molecule has 32 heavy (non-hydrogen) atoms. The minimum Gasteiger partial charge on any atom is -0.493 e. The first-order valence-corrected chi connectivity index (χ1v) is 9.86. The molecule has 0 unspecified atom stereocenters. The molecular weight excluding hydrogens is 420 g/mol. The van der Waals surface area contributed by atoms with Crippen LogP contribution in [-0.4, -0.2) is 35.4 Å². The van der Waals surface area contributed by atoms with Gasteiger partial charge in [0.05, 0.1) is 13.4 Å². The highest BCUT2D eigenvalue weighted by molar-refractivity contribution is 5.76. The molecule has 2 aromatic heterocycles. The summed E-state index contributed by atoms with van der Waals surface area (Å²) >= 11 is 0. The Morgan fingerprint density at radius 3 is 2.72 bits per heavy atom. The summed E-state index contributed by atoms with van der Waals surface area (Å²) < 4.78 is 26.8. The zero-order valence-electron chi connectivity index (χ0n) is 17.7. The molecule has 3 aromatic rings. The number of nitrogens with zero attached hydrogens (tertiary/aromatic N) is 1. The summed E-state index contributed by atoms with van der Waals surface area (Å²) in [7, 11) is 1.53. The Morgan fingerprint density at radius 2 is 2.06 bits per heavy atom. The summed E-state index contributed by atoms with van der Waals surface area (Å²) in [6, 6.07) is 8.95. The van der Waals surface area contributed by atoms with Crippen molar-refractivity contribution in [3.8, 4) is 23.1 Å². The van der Waals surface area contributed by atoms with Gasteiger partial charge in [-0.05, 0) is 56.0 Å². The van der Waals surface area contributed by atoms with Crippen LogP contribution in [0.15, 0.2) is 45.4 Å². The van der Waals surface area contributed by atoms with Crippen LogP contribution < -0.4 is 15.2 Å². The monoisotopic (exact) mass is 444 g/mol. The van der Waals surface area contributed by atoms with E-state index in [0.717, 1.165) is 5.56 Å². The van der Waals surface area contributed by atoms with E-state index >= 15 is 0 Å². The van der Waals surface area contributed by atoms with Gasteiger partial charge in [-0.1, -0.05) is 6.07 Å². The number of rotatable bonds is 11. The first kappa shape index (κ1) is 22.7. The number of methoxy groups -OCH3 is 1. The lowest BCUT2D eigenvalue weighted by atomic mass is 10.1. The molecule has 0 aliphatic rings. The predicted octanol–water partition coefficient (Wildman–Crippen LogP) is 3.70. The van der Waals surface area contributed by atoms with Crippen LogP contribution in [-0.2, 0) is 22.6 Å². The van der Waals surface area contributed by atoms with Crippen LogP contribution in [0.4, 0.5) is 4.79 Å². The number of carbonyl (C=O) groups excluding carboxylic acids is 1. The molecule has 0 fully saturated rings. The quantitative estimate of drug-likeness (QED) is 0.451. The van der Waals surface area contributed by atoms with E-state index < -0.39 is 18.2 Å². The minimum atomic E-state index is -1.27. The molecule has 0 aliphatic heterocycles. The summed E-state index contributed by atoms with van der Waals surface area (Å²) in [6.45, 7) is 1.97. The maximum absolute atomic E-state index is 11.1. The zero-order chi connectivity index (χ0) is 23.1. The van der Waals surface area contributed by atoms with Gasteiger partial charge in [0.2, 0.25) is 6.10 Å². The summed E-state index contributed by atoms with van der Waals surface area (Å²) in [5.74, 6) is 1.36. The van der Waals surface area contributed by atoms with Gasteiger partial charge in [-0.15, -0.1) is 0 Å². The second-order valence-corrected chi connectivity index (χ2v) is 6.93. The number of primary amides is 1. The van der Waals surface area contributed by atoms with E-state index in [1.165, 1.54) is 7.11 Å². The summed E-state index contributed by atoms with van der Waals surface area (Å²) in [5.41, 5.74) is 6.45. The van der Waals surface area contributed by atoms with Crippen molar-refractivity contribution < 1.29 is 37.7 Å². The van der Waals surface area contributed by atoms with Crippen molar-refractivity contribution in [3.63, 3.8) is 0 Å². The number of hydrogen-bond donors (Lipinski definition) is 2. The molecule has 10 heteroatoms. The number of ether oxygens (including phenoxy) is 3. The molecule has 2 heterocycles. The second kappa shape index (κ2) is 10.4. The molecule has 3 N–H and O–H groups in total. The molecule has 0 saturated carbocycles. The Morgan fingerprint density at radius 1 is 1.25 bits per heavy atom. The Hall–Kier alpha value is -3.95. The van der Waals surface area contributed by atoms with E-state index in [1.807, 2.05) is 12.1 Å². The van der Waals surface area contributed by atoms with Gasteiger partial charge in [0, 0.05) is 0 Å². The van der Waals surface area contributed by atoms with E-state index in [9.17, 15) is 9.59 Å². The Labute approximate surface area is 183 Å². The van der Waals surface area contributed by atoms with Gasteiger partial charge in [0.15, 0.2) is 17.3 Å². The Kier molecular flexibility index (Phi) is 7.37. The van der Waals surface area contributed by atoms with Crippen LogP contribution in [0.5, 0.6) is 11.5 Å². The molecule has 170 valence electrons. The third-order valence-corrected chi connectivity index (χ3v) is 4.68. The van der Waals surface area contributed by atoms with Gasteiger partial charge in [-0.25, -0.2) is 14.6 Å². The minimum absolute atomic E-state index is 0.141. The Bertz CT molecular complexity index is 1060. The smallest absolute Gasteiger partial charge is 0.405 e. The number of benzene rings is 1.